The van der Waals surface area contributed by atoms with Gasteiger partial charge in [-0.3, -0.25) is 4.79 Å². The number of carbonyl (C=O) groups excluding carboxylic acids is 1. The van der Waals surface area contributed by atoms with Crippen LogP contribution in [0.15, 0.2) is 12.2 Å². The van der Waals surface area contributed by atoms with E-state index in [1.54, 1.807) is 0 Å². The summed E-state index contributed by atoms with van der Waals surface area (Å²) in [6.45, 7) is 4.25. The third kappa shape index (κ3) is 18.8. The van der Waals surface area contributed by atoms with Crippen molar-refractivity contribution in [1.82, 2.24) is 0 Å². The minimum absolute atomic E-state index is 0.170. The Morgan fingerprint density at radius 1 is 1.00 bits per heavy atom. The number of hydrogen-bond donors (Lipinski definition) is 0. The zero-order valence-electron chi connectivity index (χ0n) is 14.0. The Hall–Kier alpha value is -1.23. The Labute approximate surface area is 131 Å². The summed E-state index contributed by atoms with van der Waals surface area (Å²) in [5, 5.41) is 0. The molecule has 0 spiro atoms. The van der Waals surface area contributed by atoms with Crippen LogP contribution < -0.4 is 0 Å². The predicted molar refractivity (Wildman–Crippen MR) is 90.0 cm³/mol. The van der Waals surface area contributed by atoms with Gasteiger partial charge in [0, 0.05) is 13.3 Å². The van der Waals surface area contributed by atoms with E-state index in [0.29, 0.717) is 6.61 Å². The topological polar surface area (TPSA) is 26.3 Å². The molecular weight excluding hydrogens is 260 g/mol. The first-order valence-corrected chi connectivity index (χ1v) is 8.54. The summed E-state index contributed by atoms with van der Waals surface area (Å²) < 4.78 is 4.90. The highest BCUT2D eigenvalue weighted by atomic mass is 16.5. The van der Waals surface area contributed by atoms with Gasteiger partial charge >= 0.3 is 5.97 Å². The lowest BCUT2D eigenvalue weighted by atomic mass is 10.1. The third-order valence-corrected chi connectivity index (χ3v) is 3.28. The summed E-state index contributed by atoms with van der Waals surface area (Å²) in [5.74, 6) is 6.14. The largest absolute Gasteiger partial charge is 0.466 e. The molecule has 0 fully saturated rings. The normalized spacial score (nSPS) is 10.4. The van der Waals surface area contributed by atoms with E-state index in [9.17, 15) is 4.79 Å². The van der Waals surface area contributed by atoms with Crippen molar-refractivity contribution in [2.45, 2.75) is 84.5 Å². The molecule has 0 atom stereocenters. The predicted octanol–water partition coefficient (Wildman–Crippen LogP) is 5.42. The maximum absolute atomic E-state index is 10.6. The van der Waals surface area contributed by atoms with E-state index in [0.717, 1.165) is 25.7 Å². The van der Waals surface area contributed by atoms with Gasteiger partial charge in [0.25, 0.3) is 0 Å². The molecule has 0 heterocycles. The van der Waals surface area contributed by atoms with Crippen molar-refractivity contribution in [3.05, 3.63) is 12.2 Å². The third-order valence-electron chi connectivity index (χ3n) is 3.28. The van der Waals surface area contributed by atoms with Crippen molar-refractivity contribution in [2.75, 3.05) is 6.61 Å². The minimum atomic E-state index is -0.170. The Bertz CT molecular complexity index is 320. The minimum Gasteiger partial charge on any atom is -0.466 e. The molecule has 2 nitrogen and oxygen atoms in total. The van der Waals surface area contributed by atoms with Crippen molar-refractivity contribution in [3.63, 3.8) is 0 Å². The molecule has 0 rings (SSSR count). The molecule has 0 radical (unpaired) electrons. The first kappa shape index (κ1) is 19.8. The average molecular weight is 292 g/mol. The number of carbonyl (C=O) groups is 1. The van der Waals surface area contributed by atoms with Crippen LogP contribution in [-0.2, 0) is 9.53 Å². The van der Waals surface area contributed by atoms with Gasteiger partial charge in [-0.2, -0.15) is 0 Å². The van der Waals surface area contributed by atoms with Gasteiger partial charge in [0.2, 0.25) is 0 Å². The molecule has 0 aromatic rings. The summed E-state index contributed by atoms with van der Waals surface area (Å²) in [4.78, 5) is 10.6. The molecule has 0 unspecified atom stereocenters. The van der Waals surface area contributed by atoms with Crippen LogP contribution in [0.4, 0.5) is 0 Å². The SMILES string of the molecule is CCCC/C=C\C#CCCCCCCCCCOC(C)=O. The van der Waals surface area contributed by atoms with Crippen LogP contribution in [0.5, 0.6) is 0 Å². The first-order valence-electron chi connectivity index (χ1n) is 8.54. The highest BCUT2D eigenvalue weighted by Gasteiger charge is 1.94. The number of ether oxygens (including phenoxy) is 1. The van der Waals surface area contributed by atoms with E-state index in [1.165, 1.54) is 51.9 Å². The lowest BCUT2D eigenvalue weighted by molar-refractivity contribution is -0.141. The molecule has 0 amide bonds. The Balaban J connectivity index is 3.17. The fourth-order valence-corrected chi connectivity index (χ4v) is 2.01. The standard InChI is InChI=1S/C19H32O2/c1-3-4-5-6-7-8-9-10-11-12-13-14-15-16-17-18-21-19(2)20/h6-7H,3-5,10-18H2,1-2H3/b7-6-. The quantitative estimate of drug-likeness (QED) is 0.273. The summed E-state index contributed by atoms with van der Waals surface area (Å²) >= 11 is 0. The average Bonchev–Trinajstić information content (AvgIpc) is 2.46. The van der Waals surface area contributed by atoms with E-state index in [2.05, 4.69) is 24.8 Å². The lowest BCUT2D eigenvalue weighted by Gasteiger charge is -2.02. The van der Waals surface area contributed by atoms with E-state index in [4.69, 9.17) is 4.74 Å². The zero-order chi connectivity index (χ0) is 15.6. The molecule has 120 valence electrons. The number of hydrogen-bond acceptors (Lipinski definition) is 2. The monoisotopic (exact) mass is 292 g/mol. The highest BCUT2D eigenvalue weighted by molar-refractivity contribution is 5.65. The number of unbranched alkanes of at least 4 members (excludes halogenated alkanes) is 9. The van der Waals surface area contributed by atoms with Crippen LogP contribution in [0, 0.1) is 11.8 Å². The number of esters is 1. The Morgan fingerprint density at radius 2 is 1.67 bits per heavy atom. The molecule has 0 saturated carbocycles. The van der Waals surface area contributed by atoms with Crippen molar-refractivity contribution < 1.29 is 9.53 Å². The molecule has 0 aliphatic heterocycles. The molecule has 21 heavy (non-hydrogen) atoms. The molecule has 0 bridgehead atoms. The van der Waals surface area contributed by atoms with E-state index < -0.39 is 0 Å². The van der Waals surface area contributed by atoms with Crippen molar-refractivity contribution in [1.29, 1.82) is 0 Å². The molecule has 0 aromatic carbocycles. The van der Waals surface area contributed by atoms with Crippen LogP contribution in [0.1, 0.15) is 84.5 Å². The Morgan fingerprint density at radius 3 is 2.33 bits per heavy atom. The molecule has 0 aliphatic rings. The van der Waals surface area contributed by atoms with E-state index in [-0.39, 0.29) is 5.97 Å². The van der Waals surface area contributed by atoms with Gasteiger partial charge in [-0.05, 0) is 25.3 Å². The second-order valence-corrected chi connectivity index (χ2v) is 5.43. The van der Waals surface area contributed by atoms with Gasteiger partial charge in [-0.25, -0.2) is 0 Å². The maximum atomic E-state index is 10.6. The number of rotatable bonds is 12. The van der Waals surface area contributed by atoms with Gasteiger partial charge < -0.3 is 4.74 Å². The summed E-state index contributed by atoms with van der Waals surface area (Å²) in [7, 11) is 0. The molecule has 2 heteroatoms. The Kier molecular flexibility index (Phi) is 15.8. The molecule has 0 aliphatic carbocycles. The first-order chi connectivity index (χ1) is 10.3. The van der Waals surface area contributed by atoms with Gasteiger partial charge in [-0.1, -0.05) is 69.8 Å². The van der Waals surface area contributed by atoms with Crippen molar-refractivity contribution >= 4 is 5.97 Å². The summed E-state index contributed by atoms with van der Waals surface area (Å²) in [5.41, 5.74) is 0. The zero-order valence-corrected chi connectivity index (χ0v) is 14.0. The van der Waals surface area contributed by atoms with Gasteiger partial charge in [-0.15, -0.1) is 0 Å². The van der Waals surface area contributed by atoms with E-state index in [1.807, 2.05) is 6.08 Å². The molecular formula is C19H32O2. The summed E-state index contributed by atoms with van der Waals surface area (Å²) in [6.07, 6.45) is 17.3. The smallest absolute Gasteiger partial charge is 0.302 e. The second-order valence-electron chi connectivity index (χ2n) is 5.43. The summed E-state index contributed by atoms with van der Waals surface area (Å²) in [6, 6.07) is 0. The van der Waals surface area contributed by atoms with Crippen LogP contribution in [0.2, 0.25) is 0 Å². The molecule has 0 aromatic heterocycles. The van der Waals surface area contributed by atoms with Crippen molar-refractivity contribution in [2.24, 2.45) is 0 Å². The molecule has 0 saturated heterocycles. The van der Waals surface area contributed by atoms with Crippen LogP contribution >= 0.6 is 0 Å². The fourth-order valence-electron chi connectivity index (χ4n) is 2.01. The molecule has 0 N–H and O–H groups in total. The van der Waals surface area contributed by atoms with Crippen LogP contribution in [-0.4, -0.2) is 12.6 Å². The fraction of sp³-hybridized carbons (Fsp3) is 0.737. The van der Waals surface area contributed by atoms with Gasteiger partial charge in [0.15, 0.2) is 0 Å². The van der Waals surface area contributed by atoms with Crippen LogP contribution in [0.3, 0.4) is 0 Å². The van der Waals surface area contributed by atoms with Gasteiger partial charge in [0.1, 0.15) is 0 Å². The number of allylic oxidation sites excluding steroid dienone is 2. The maximum Gasteiger partial charge on any atom is 0.302 e. The highest BCUT2D eigenvalue weighted by Crippen LogP contribution is 2.08. The van der Waals surface area contributed by atoms with E-state index >= 15 is 0 Å². The second kappa shape index (κ2) is 16.8. The van der Waals surface area contributed by atoms with Gasteiger partial charge in [0.05, 0.1) is 6.61 Å². The van der Waals surface area contributed by atoms with Crippen LogP contribution in [0.25, 0.3) is 0 Å². The lowest BCUT2D eigenvalue weighted by Crippen LogP contribution is -1.99. The van der Waals surface area contributed by atoms with Crippen molar-refractivity contribution in [3.8, 4) is 11.8 Å².